The van der Waals surface area contributed by atoms with E-state index in [2.05, 4.69) is 33.9 Å². The van der Waals surface area contributed by atoms with Crippen LogP contribution in [0, 0.1) is 0 Å². The lowest BCUT2D eigenvalue weighted by molar-refractivity contribution is -0.0243. The molecule has 1 rings (SSSR count). The zero-order valence-corrected chi connectivity index (χ0v) is 17.3. The van der Waals surface area contributed by atoms with Gasteiger partial charge in [-0.2, -0.15) is 0 Å². The third kappa shape index (κ3) is 4.48. The average molecular weight is 346 g/mol. The molecule has 0 radical (unpaired) electrons. The Morgan fingerprint density at radius 1 is 1.26 bits per heavy atom. The van der Waals surface area contributed by atoms with Gasteiger partial charge in [-0.15, -0.1) is 0 Å². The number of aliphatic hydroxyl groups excluding tert-OH is 1. The van der Waals surface area contributed by atoms with E-state index in [1.807, 2.05) is 27.7 Å². The first-order valence-corrected chi connectivity index (χ1v) is 11.3. The molecule has 0 saturated carbocycles. The van der Waals surface area contributed by atoms with Gasteiger partial charge in [0.2, 0.25) is 0 Å². The molecule has 2 unspecified atom stereocenters. The van der Waals surface area contributed by atoms with Crippen LogP contribution in [0.15, 0.2) is 0 Å². The standard InChI is InChI=1S/C17H35NO4Si/c1-15(2,3)21-14(20)18-11-10-13(17(18,7)12-19)22-23(8,9)16(4,5)6/h13,19H,10-12H2,1-9H3. The zero-order chi connectivity index (χ0) is 18.3. The van der Waals surface area contributed by atoms with Crippen LogP contribution in [0.3, 0.4) is 0 Å². The predicted molar refractivity (Wildman–Crippen MR) is 95.1 cm³/mol. The Kier molecular flexibility index (Phi) is 5.67. The van der Waals surface area contributed by atoms with Gasteiger partial charge in [0, 0.05) is 6.54 Å². The number of amides is 1. The van der Waals surface area contributed by atoms with Gasteiger partial charge in [-0.05, 0) is 52.2 Å². The largest absolute Gasteiger partial charge is 0.444 e. The molecule has 1 amide bonds. The fourth-order valence-corrected chi connectivity index (χ4v) is 3.95. The number of aliphatic hydroxyl groups is 1. The lowest BCUT2D eigenvalue weighted by Gasteiger charge is -2.44. The average Bonchev–Trinajstić information content (AvgIpc) is 2.63. The molecular weight excluding hydrogens is 310 g/mol. The Balaban J connectivity index is 2.96. The molecule has 0 aromatic carbocycles. The third-order valence-corrected chi connectivity index (χ3v) is 9.59. The number of likely N-dealkylation sites (tertiary alicyclic amines) is 1. The van der Waals surface area contributed by atoms with Crippen molar-refractivity contribution in [2.45, 2.75) is 90.3 Å². The molecule has 6 heteroatoms. The van der Waals surface area contributed by atoms with Crippen molar-refractivity contribution in [1.82, 2.24) is 4.90 Å². The Bertz CT molecular complexity index is 439. The molecule has 1 fully saturated rings. The molecule has 0 aliphatic carbocycles. The lowest BCUT2D eigenvalue weighted by atomic mass is 9.97. The van der Waals surface area contributed by atoms with Crippen molar-refractivity contribution < 1.29 is 19.1 Å². The first kappa shape index (κ1) is 20.5. The van der Waals surface area contributed by atoms with Gasteiger partial charge in [0.1, 0.15) is 5.60 Å². The van der Waals surface area contributed by atoms with Gasteiger partial charge in [0.25, 0.3) is 0 Å². The number of rotatable bonds is 3. The van der Waals surface area contributed by atoms with Gasteiger partial charge in [-0.1, -0.05) is 20.8 Å². The smallest absolute Gasteiger partial charge is 0.410 e. The number of hydrogen-bond acceptors (Lipinski definition) is 4. The summed E-state index contributed by atoms with van der Waals surface area (Å²) in [5.41, 5.74) is -1.29. The van der Waals surface area contributed by atoms with E-state index in [-0.39, 0.29) is 23.8 Å². The molecule has 1 N–H and O–H groups in total. The number of carbonyl (C=O) groups is 1. The molecule has 1 saturated heterocycles. The van der Waals surface area contributed by atoms with E-state index < -0.39 is 19.5 Å². The van der Waals surface area contributed by atoms with Crippen molar-refractivity contribution in [2.75, 3.05) is 13.2 Å². The summed E-state index contributed by atoms with van der Waals surface area (Å²) < 4.78 is 12.0. The van der Waals surface area contributed by atoms with Gasteiger partial charge in [-0.25, -0.2) is 4.79 Å². The quantitative estimate of drug-likeness (QED) is 0.791. The van der Waals surface area contributed by atoms with Crippen LogP contribution in [-0.4, -0.2) is 54.8 Å². The highest BCUT2D eigenvalue weighted by Crippen LogP contribution is 2.42. The van der Waals surface area contributed by atoms with Gasteiger partial charge in [0.05, 0.1) is 18.2 Å². The van der Waals surface area contributed by atoms with E-state index in [1.165, 1.54) is 0 Å². The van der Waals surface area contributed by atoms with E-state index in [9.17, 15) is 9.90 Å². The van der Waals surface area contributed by atoms with Gasteiger partial charge < -0.3 is 14.3 Å². The van der Waals surface area contributed by atoms with Crippen LogP contribution >= 0.6 is 0 Å². The number of nitrogens with zero attached hydrogens (tertiary/aromatic N) is 1. The zero-order valence-electron chi connectivity index (χ0n) is 16.3. The molecule has 5 nitrogen and oxygen atoms in total. The van der Waals surface area contributed by atoms with Crippen molar-refractivity contribution in [3.8, 4) is 0 Å². The topological polar surface area (TPSA) is 59.0 Å². The van der Waals surface area contributed by atoms with Crippen molar-refractivity contribution in [2.24, 2.45) is 0 Å². The maximum absolute atomic E-state index is 12.5. The molecule has 0 aromatic rings. The van der Waals surface area contributed by atoms with Crippen LogP contribution in [0.4, 0.5) is 4.79 Å². The van der Waals surface area contributed by atoms with E-state index in [4.69, 9.17) is 9.16 Å². The summed E-state index contributed by atoms with van der Waals surface area (Å²) >= 11 is 0. The van der Waals surface area contributed by atoms with E-state index in [1.54, 1.807) is 4.90 Å². The van der Waals surface area contributed by atoms with Crippen LogP contribution in [-0.2, 0) is 9.16 Å². The Hall–Kier alpha value is -0.593. The van der Waals surface area contributed by atoms with Crippen LogP contribution < -0.4 is 0 Å². The molecule has 1 aliphatic rings. The lowest BCUT2D eigenvalue weighted by Crippen LogP contribution is -2.58. The molecule has 0 aromatic heterocycles. The SMILES string of the molecule is CC(C)(C)OC(=O)N1CCC(O[Si](C)(C)C(C)(C)C)C1(C)CO. The highest BCUT2D eigenvalue weighted by atomic mass is 28.4. The summed E-state index contributed by atoms with van der Waals surface area (Å²) in [4.78, 5) is 14.1. The minimum atomic E-state index is -1.98. The summed E-state index contributed by atoms with van der Waals surface area (Å²) in [5, 5.41) is 10.1. The van der Waals surface area contributed by atoms with Crippen LogP contribution in [0.2, 0.25) is 18.1 Å². The maximum Gasteiger partial charge on any atom is 0.410 e. The normalized spacial score (nSPS) is 26.5. The van der Waals surface area contributed by atoms with E-state index >= 15 is 0 Å². The number of hydrogen-bond donors (Lipinski definition) is 1. The van der Waals surface area contributed by atoms with Crippen molar-refractivity contribution in [3.05, 3.63) is 0 Å². The monoisotopic (exact) mass is 345 g/mol. The Morgan fingerprint density at radius 2 is 1.78 bits per heavy atom. The number of ether oxygens (including phenoxy) is 1. The third-order valence-electron chi connectivity index (χ3n) is 5.10. The fraction of sp³-hybridized carbons (Fsp3) is 0.941. The first-order valence-electron chi connectivity index (χ1n) is 8.43. The first-order chi connectivity index (χ1) is 10.1. The summed E-state index contributed by atoms with van der Waals surface area (Å²) in [6, 6.07) is 0. The predicted octanol–water partition coefficient (Wildman–Crippen LogP) is 3.77. The second-order valence-corrected chi connectivity index (χ2v) is 14.1. The van der Waals surface area contributed by atoms with Gasteiger partial charge in [-0.3, -0.25) is 4.90 Å². The maximum atomic E-state index is 12.5. The minimum absolute atomic E-state index is 0.0860. The molecule has 23 heavy (non-hydrogen) atoms. The van der Waals surface area contributed by atoms with Crippen molar-refractivity contribution >= 4 is 14.4 Å². The Morgan fingerprint density at radius 3 is 2.17 bits per heavy atom. The van der Waals surface area contributed by atoms with Crippen LogP contribution in [0.25, 0.3) is 0 Å². The van der Waals surface area contributed by atoms with Crippen molar-refractivity contribution in [3.63, 3.8) is 0 Å². The number of carbonyl (C=O) groups excluding carboxylic acids is 1. The van der Waals surface area contributed by atoms with Gasteiger partial charge >= 0.3 is 6.09 Å². The Labute approximate surface area is 142 Å². The van der Waals surface area contributed by atoms with Crippen LogP contribution in [0.5, 0.6) is 0 Å². The molecular formula is C17H35NO4Si. The van der Waals surface area contributed by atoms with E-state index in [0.717, 1.165) is 6.42 Å². The summed E-state index contributed by atoms with van der Waals surface area (Å²) in [7, 11) is -1.98. The highest BCUT2D eigenvalue weighted by Gasteiger charge is 2.52. The molecule has 1 heterocycles. The second-order valence-electron chi connectivity index (χ2n) is 9.30. The fourth-order valence-electron chi connectivity index (χ4n) is 2.51. The summed E-state index contributed by atoms with van der Waals surface area (Å²) in [5.74, 6) is 0. The van der Waals surface area contributed by atoms with Gasteiger partial charge in [0.15, 0.2) is 8.32 Å². The molecule has 0 spiro atoms. The molecule has 0 bridgehead atoms. The van der Waals surface area contributed by atoms with Crippen molar-refractivity contribution in [1.29, 1.82) is 0 Å². The second kappa shape index (κ2) is 6.37. The van der Waals surface area contributed by atoms with Crippen LogP contribution in [0.1, 0.15) is 54.9 Å². The highest BCUT2D eigenvalue weighted by molar-refractivity contribution is 6.74. The summed E-state index contributed by atoms with van der Waals surface area (Å²) in [6.07, 6.45) is 0.180. The molecule has 136 valence electrons. The van der Waals surface area contributed by atoms with E-state index in [0.29, 0.717) is 6.54 Å². The minimum Gasteiger partial charge on any atom is -0.444 e. The molecule has 2 atom stereocenters. The molecule has 1 aliphatic heterocycles. The summed E-state index contributed by atoms with van der Waals surface area (Å²) in [6.45, 7) is 18.8.